The Kier molecular flexibility index (Phi) is 4.07. The van der Waals surface area contributed by atoms with Crippen LogP contribution in [-0.4, -0.2) is 26.7 Å². The third-order valence-electron chi connectivity index (χ3n) is 1.72. The average molecular weight is 231 g/mol. The summed E-state index contributed by atoms with van der Waals surface area (Å²) in [5.41, 5.74) is 5.20. The van der Waals surface area contributed by atoms with Gasteiger partial charge in [-0.05, 0) is 25.1 Å². The lowest BCUT2D eigenvalue weighted by Gasteiger charge is -2.06. The van der Waals surface area contributed by atoms with E-state index in [0.29, 0.717) is 13.0 Å². The Hall–Kier alpha value is -1.11. The third kappa shape index (κ3) is 3.19. The molecule has 0 spiro atoms. The molecule has 0 radical (unpaired) electrons. The van der Waals surface area contributed by atoms with E-state index in [2.05, 4.69) is 4.18 Å². The summed E-state index contributed by atoms with van der Waals surface area (Å²) in [6.45, 7) is 0.378. The molecule has 0 heterocycles. The van der Waals surface area contributed by atoms with E-state index in [-0.39, 0.29) is 17.3 Å². The molecule has 1 aromatic carbocycles. The largest absolute Gasteiger partial charge is 0.506 e. The molecule has 1 rings (SSSR count). The van der Waals surface area contributed by atoms with Gasteiger partial charge in [0.2, 0.25) is 0 Å². The summed E-state index contributed by atoms with van der Waals surface area (Å²) in [6, 6.07) is 5.62. The minimum Gasteiger partial charge on any atom is -0.506 e. The van der Waals surface area contributed by atoms with Gasteiger partial charge < -0.3 is 10.8 Å². The summed E-state index contributed by atoms with van der Waals surface area (Å²) in [5.74, 6) is -0.315. The van der Waals surface area contributed by atoms with Crippen molar-refractivity contribution >= 4 is 10.1 Å². The van der Waals surface area contributed by atoms with Crippen LogP contribution in [-0.2, 0) is 14.3 Å². The molecular formula is C9H13NO4S. The van der Waals surface area contributed by atoms with Crippen molar-refractivity contribution in [2.45, 2.75) is 11.3 Å². The monoisotopic (exact) mass is 231 g/mol. The molecule has 0 saturated heterocycles. The fourth-order valence-electron chi connectivity index (χ4n) is 0.984. The Labute approximate surface area is 88.6 Å². The number of para-hydroxylation sites is 1. The van der Waals surface area contributed by atoms with Gasteiger partial charge in [-0.15, -0.1) is 0 Å². The lowest BCUT2D eigenvalue weighted by molar-refractivity contribution is 0.312. The molecule has 0 aliphatic carbocycles. The van der Waals surface area contributed by atoms with Crippen molar-refractivity contribution in [1.29, 1.82) is 0 Å². The highest BCUT2D eigenvalue weighted by molar-refractivity contribution is 7.86. The van der Waals surface area contributed by atoms with E-state index in [1.165, 1.54) is 24.3 Å². The molecule has 0 atom stereocenters. The second kappa shape index (κ2) is 5.11. The van der Waals surface area contributed by atoms with E-state index >= 15 is 0 Å². The number of phenolic OH excluding ortho intramolecular Hbond substituents is 1. The Morgan fingerprint density at radius 2 is 2.00 bits per heavy atom. The summed E-state index contributed by atoms with van der Waals surface area (Å²) < 4.78 is 27.7. The first-order chi connectivity index (χ1) is 7.08. The molecule has 0 amide bonds. The number of rotatable bonds is 5. The van der Waals surface area contributed by atoms with Crippen molar-refractivity contribution in [2.75, 3.05) is 13.2 Å². The van der Waals surface area contributed by atoms with E-state index in [1.807, 2.05) is 0 Å². The molecule has 0 bridgehead atoms. The van der Waals surface area contributed by atoms with Crippen molar-refractivity contribution in [1.82, 2.24) is 0 Å². The standard InChI is InChI=1S/C9H13NO4S/c10-6-3-7-14-15(12,13)9-5-2-1-4-8(9)11/h1-2,4-5,11H,3,6-7,10H2. The molecule has 0 aliphatic heterocycles. The first-order valence-corrected chi connectivity index (χ1v) is 5.86. The molecule has 15 heavy (non-hydrogen) atoms. The van der Waals surface area contributed by atoms with Gasteiger partial charge in [0.25, 0.3) is 0 Å². The van der Waals surface area contributed by atoms with Crippen LogP contribution in [0.4, 0.5) is 0 Å². The number of hydrogen-bond donors (Lipinski definition) is 2. The van der Waals surface area contributed by atoms with Gasteiger partial charge in [0.05, 0.1) is 6.61 Å². The van der Waals surface area contributed by atoms with Crippen LogP contribution in [0.25, 0.3) is 0 Å². The normalized spacial score (nSPS) is 11.5. The summed E-state index contributed by atoms with van der Waals surface area (Å²) in [7, 11) is -3.87. The highest BCUT2D eigenvalue weighted by Gasteiger charge is 2.18. The molecule has 84 valence electrons. The zero-order chi connectivity index (χ0) is 11.3. The number of hydrogen-bond acceptors (Lipinski definition) is 5. The molecule has 0 fully saturated rings. The van der Waals surface area contributed by atoms with E-state index in [9.17, 15) is 13.5 Å². The van der Waals surface area contributed by atoms with Crippen LogP contribution in [0.2, 0.25) is 0 Å². The van der Waals surface area contributed by atoms with Crippen molar-refractivity contribution in [3.63, 3.8) is 0 Å². The first-order valence-electron chi connectivity index (χ1n) is 4.45. The number of nitrogens with two attached hydrogens (primary N) is 1. The summed E-state index contributed by atoms with van der Waals surface area (Å²) in [5, 5.41) is 9.32. The maximum absolute atomic E-state index is 11.5. The fraction of sp³-hybridized carbons (Fsp3) is 0.333. The topological polar surface area (TPSA) is 89.6 Å². The highest BCUT2D eigenvalue weighted by Crippen LogP contribution is 2.23. The van der Waals surface area contributed by atoms with Gasteiger partial charge in [0, 0.05) is 0 Å². The summed E-state index contributed by atoms with van der Waals surface area (Å²) in [6.07, 6.45) is 0.451. The minimum atomic E-state index is -3.87. The van der Waals surface area contributed by atoms with Crippen LogP contribution in [0.3, 0.4) is 0 Å². The molecule has 0 aliphatic rings. The van der Waals surface area contributed by atoms with Crippen LogP contribution >= 0.6 is 0 Å². The maximum Gasteiger partial charge on any atom is 0.300 e. The van der Waals surface area contributed by atoms with Crippen LogP contribution < -0.4 is 5.73 Å². The van der Waals surface area contributed by atoms with Crippen molar-refractivity contribution < 1.29 is 17.7 Å². The van der Waals surface area contributed by atoms with Gasteiger partial charge in [-0.3, -0.25) is 4.18 Å². The highest BCUT2D eigenvalue weighted by atomic mass is 32.2. The van der Waals surface area contributed by atoms with Gasteiger partial charge >= 0.3 is 10.1 Å². The molecular weight excluding hydrogens is 218 g/mol. The minimum absolute atomic E-state index is 0.0210. The predicted molar refractivity (Wildman–Crippen MR) is 54.9 cm³/mol. The quantitative estimate of drug-likeness (QED) is 0.567. The summed E-state index contributed by atoms with van der Waals surface area (Å²) >= 11 is 0. The van der Waals surface area contributed by atoms with Crippen LogP contribution in [0.15, 0.2) is 29.2 Å². The van der Waals surface area contributed by atoms with Gasteiger partial charge in [-0.25, -0.2) is 0 Å². The number of benzene rings is 1. The average Bonchev–Trinajstić information content (AvgIpc) is 2.18. The Bertz CT molecular complexity index is 416. The Balaban J connectivity index is 2.83. The second-order valence-corrected chi connectivity index (χ2v) is 4.47. The lowest BCUT2D eigenvalue weighted by atomic mass is 10.3. The lowest BCUT2D eigenvalue weighted by Crippen LogP contribution is -2.10. The van der Waals surface area contributed by atoms with Crippen LogP contribution in [0.5, 0.6) is 5.75 Å². The number of aromatic hydroxyl groups is 1. The molecule has 3 N–H and O–H groups in total. The van der Waals surface area contributed by atoms with Gasteiger partial charge in [0.1, 0.15) is 10.6 Å². The fourth-order valence-corrected chi connectivity index (χ4v) is 2.02. The molecule has 6 heteroatoms. The molecule has 1 aromatic rings. The van der Waals surface area contributed by atoms with E-state index < -0.39 is 10.1 Å². The SMILES string of the molecule is NCCCOS(=O)(=O)c1ccccc1O. The van der Waals surface area contributed by atoms with E-state index in [1.54, 1.807) is 0 Å². The zero-order valence-corrected chi connectivity index (χ0v) is 8.90. The smallest absolute Gasteiger partial charge is 0.300 e. The summed E-state index contributed by atoms with van der Waals surface area (Å²) in [4.78, 5) is -0.220. The second-order valence-electron chi connectivity index (χ2n) is 2.89. The first kappa shape index (κ1) is 12.0. The molecule has 5 nitrogen and oxygen atoms in total. The van der Waals surface area contributed by atoms with Crippen LogP contribution in [0, 0.1) is 0 Å². The van der Waals surface area contributed by atoms with Gasteiger partial charge in [-0.1, -0.05) is 12.1 Å². The van der Waals surface area contributed by atoms with Crippen LogP contribution in [0.1, 0.15) is 6.42 Å². The predicted octanol–water partition coefficient (Wildman–Crippen LogP) is 0.446. The Morgan fingerprint density at radius 1 is 1.33 bits per heavy atom. The van der Waals surface area contributed by atoms with E-state index in [4.69, 9.17) is 5.73 Å². The van der Waals surface area contributed by atoms with Gasteiger partial charge in [0.15, 0.2) is 0 Å². The molecule has 0 unspecified atom stereocenters. The van der Waals surface area contributed by atoms with Crippen molar-refractivity contribution in [3.8, 4) is 5.75 Å². The zero-order valence-electron chi connectivity index (χ0n) is 8.09. The molecule has 0 aromatic heterocycles. The molecule has 0 saturated carbocycles. The van der Waals surface area contributed by atoms with Gasteiger partial charge in [-0.2, -0.15) is 8.42 Å². The van der Waals surface area contributed by atoms with Crippen molar-refractivity contribution in [3.05, 3.63) is 24.3 Å². The Morgan fingerprint density at radius 3 is 2.60 bits per heavy atom. The third-order valence-corrected chi connectivity index (χ3v) is 3.08. The van der Waals surface area contributed by atoms with Crippen molar-refractivity contribution in [2.24, 2.45) is 5.73 Å². The maximum atomic E-state index is 11.5. The van der Waals surface area contributed by atoms with E-state index in [0.717, 1.165) is 0 Å². The number of phenols is 1.